The van der Waals surface area contributed by atoms with E-state index in [-0.39, 0.29) is 33.9 Å². The van der Waals surface area contributed by atoms with Crippen LogP contribution in [-0.4, -0.2) is 25.7 Å². The molecule has 0 spiro atoms. The SMILES string of the molecule is C.CC1COC(C2CCC(C(F)(F)F)CC2)OC1.[HH]. The van der Waals surface area contributed by atoms with Crippen molar-refractivity contribution in [2.45, 2.75) is 52.5 Å². The van der Waals surface area contributed by atoms with E-state index in [2.05, 4.69) is 0 Å². The second-order valence-electron chi connectivity index (χ2n) is 5.29. The first kappa shape index (κ1) is 15.8. The van der Waals surface area contributed by atoms with Crippen molar-refractivity contribution < 1.29 is 24.1 Å². The molecule has 0 amide bonds. The summed E-state index contributed by atoms with van der Waals surface area (Å²) < 4.78 is 48.6. The maximum Gasteiger partial charge on any atom is 0.391 e. The van der Waals surface area contributed by atoms with Crippen LogP contribution >= 0.6 is 0 Å². The Kier molecular flexibility index (Phi) is 5.46. The molecule has 0 atom stereocenters. The van der Waals surface area contributed by atoms with Gasteiger partial charge >= 0.3 is 6.18 Å². The van der Waals surface area contributed by atoms with Crippen molar-refractivity contribution in [2.24, 2.45) is 17.8 Å². The van der Waals surface area contributed by atoms with Crippen LogP contribution in [0.2, 0.25) is 0 Å². The Morgan fingerprint density at radius 3 is 1.94 bits per heavy atom. The van der Waals surface area contributed by atoms with Gasteiger partial charge in [0, 0.05) is 13.3 Å². The van der Waals surface area contributed by atoms with E-state index in [9.17, 15) is 13.2 Å². The maximum atomic E-state index is 12.5. The zero-order valence-electron chi connectivity index (χ0n) is 10.0. The minimum absolute atomic E-state index is 0. The molecule has 0 aromatic heterocycles. The smallest absolute Gasteiger partial charge is 0.352 e. The lowest BCUT2D eigenvalue weighted by Gasteiger charge is -2.37. The van der Waals surface area contributed by atoms with Gasteiger partial charge in [0.15, 0.2) is 6.29 Å². The van der Waals surface area contributed by atoms with E-state index in [4.69, 9.17) is 9.47 Å². The first-order valence-electron chi connectivity index (χ1n) is 6.26. The van der Waals surface area contributed by atoms with Gasteiger partial charge in [0.05, 0.1) is 19.1 Å². The number of rotatable bonds is 1. The molecule has 1 saturated carbocycles. The van der Waals surface area contributed by atoms with Gasteiger partial charge in [-0.15, -0.1) is 0 Å². The van der Waals surface area contributed by atoms with Crippen LogP contribution in [-0.2, 0) is 9.47 Å². The molecule has 2 rings (SSSR count). The number of halogens is 3. The van der Waals surface area contributed by atoms with Crippen molar-refractivity contribution >= 4 is 0 Å². The molecule has 0 bridgehead atoms. The second kappa shape index (κ2) is 6.24. The number of ether oxygens (including phenoxy) is 2. The number of alkyl halides is 3. The normalized spacial score (nSPS) is 38.0. The molecule has 0 unspecified atom stereocenters. The van der Waals surface area contributed by atoms with Crippen molar-refractivity contribution in [1.82, 2.24) is 0 Å². The van der Waals surface area contributed by atoms with Crippen molar-refractivity contribution in [3.8, 4) is 0 Å². The fraction of sp³-hybridized carbons (Fsp3) is 1.00. The summed E-state index contributed by atoms with van der Waals surface area (Å²) >= 11 is 0. The molecule has 1 saturated heterocycles. The molecule has 2 fully saturated rings. The molecule has 1 aliphatic heterocycles. The van der Waals surface area contributed by atoms with Gasteiger partial charge in [-0.3, -0.25) is 0 Å². The van der Waals surface area contributed by atoms with E-state index < -0.39 is 12.1 Å². The summed E-state index contributed by atoms with van der Waals surface area (Å²) in [5.74, 6) is -0.597. The Balaban J connectivity index is 0.00000162. The summed E-state index contributed by atoms with van der Waals surface area (Å²) in [4.78, 5) is 0. The van der Waals surface area contributed by atoms with Crippen molar-refractivity contribution in [1.29, 1.82) is 0 Å². The molecule has 2 aliphatic rings. The lowest BCUT2D eigenvalue weighted by molar-refractivity contribution is -0.235. The molecule has 18 heavy (non-hydrogen) atoms. The topological polar surface area (TPSA) is 18.5 Å². The average Bonchev–Trinajstić information content (AvgIpc) is 2.29. The van der Waals surface area contributed by atoms with Gasteiger partial charge < -0.3 is 9.47 Å². The standard InChI is InChI=1S/C12H19F3O2.CH4.H2/c1-8-6-16-11(17-7-8)9-2-4-10(5-3-9)12(13,14)15;;/h8-11H,2-7H2,1H3;1H4;1H. The van der Waals surface area contributed by atoms with Gasteiger partial charge in [-0.2, -0.15) is 13.2 Å². The number of hydrogen-bond donors (Lipinski definition) is 0. The molecule has 2 nitrogen and oxygen atoms in total. The Labute approximate surface area is 108 Å². The molecule has 1 aliphatic carbocycles. The molecule has 0 aromatic rings. The van der Waals surface area contributed by atoms with E-state index in [1.165, 1.54) is 0 Å². The predicted molar refractivity (Wildman–Crippen MR) is 65.2 cm³/mol. The van der Waals surface area contributed by atoms with Crippen LogP contribution in [0.1, 0.15) is 41.5 Å². The van der Waals surface area contributed by atoms with Crippen molar-refractivity contribution in [3.05, 3.63) is 0 Å². The maximum absolute atomic E-state index is 12.5. The van der Waals surface area contributed by atoms with E-state index in [1.807, 2.05) is 6.92 Å². The van der Waals surface area contributed by atoms with E-state index in [1.54, 1.807) is 0 Å². The molecule has 0 N–H and O–H groups in total. The molecular formula is C13H25F3O2. The quantitative estimate of drug-likeness (QED) is 0.709. The summed E-state index contributed by atoms with van der Waals surface area (Å²) in [7, 11) is 0. The second-order valence-corrected chi connectivity index (χ2v) is 5.29. The first-order chi connectivity index (χ1) is 7.97. The third-order valence-corrected chi connectivity index (χ3v) is 3.71. The van der Waals surface area contributed by atoms with Crippen LogP contribution in [0.4, 0.5) is 13.2 Å². The summed E-state index contributed by atoms with van der Waals surface area (Å²) in [6, 6.07) is 0. The monoisotopic (exact) mass is 270 g/mol. The van der Waals surface area contributed by atoms with E-state index >= 15 is 0 Å². The van der Waals surface area contributed by atoms with E-state index in [0.29, 0.717) is 32.0 Å². The van der Waals surface area contributed by atoms with Crippen LogP contribution in [0.15, 0.2) is 0 Å². The highest BCUT2D eigenvalue weighted by molar-refractivity contribution is 4.79. The number of hydrogen-bond acceptors (Lipinski definition) is 2. The molecule has 5 heteroatoms. The Morgan fingerprint density at radius 1 is 1.00 bits per heavy atom. The van der Waals surface area contributed by atoms with Gasteiger partial charge in [0.25, 0.3) is 0 Å². The summed E-state index contributed by atoms with van der Waals surface area (Å²) in [6.45, 7) is 3.35. The van der Waals surface area contributed by atoms with Gasteiger partial charge in [0.2, 0.25) is 0 Å². The lowest BCUT2D eigenvalue weighted by Crippen LogP contribution is -2.39. The summed E-state index contributed by atoms with van der Waals surface area (Å²) in [5.41, 5.74) is 0. The minimum atomic E-state index is -4.03. The molecule has 0 radical (unpaired) electrons. The molecular weight excluding hydrogens is 245 g/mol. The van der Waals surface area contributed by atoms with Crippen molar-refractivity contribution in [3.63, 3.8) is 0 Å². The van der Waals surface area contributed by atoms with Crippen molar-refractivity contribution in [2.75, 3.05) is 13.2 Å². The Hall–Kier alpha value is -0.290. The highest BCUT2D eigenvalue weighted by Gasteiger charge is 2.43. The fourth-order valence-electron chi connectivity index (χ4n) is 2.61. The molecule has 110 valence electrons. The molecule has 1 heterocycles. The zero-order chi connectivity index (χ0) is 12.5. The summed E-state index contributed by atoms with van der Waals surface area (Å²) in [6.07, 6.45) is -2.76. The Bertz CT molecular complexity index is 245. The van der Waals surface area contributed by atoms with Gasteiger partial charge in [0.1, 0.15) is 0 Å². The third kappa shape index (κ3) is 3.85. The van der Waals surface area contributed by atoms with E-state index in [0.717, 1.165) is 0 Å². The highest BCUT2D eigenvalue weighted by Crippen LogP contribution is 2.41. The van der Waals surface area contributed by atoms with Gasteiger partial charge in [-0.25, -0.2) is 0 Å². The highest BCUT2D eigenvalue weighted by atomic mass is 19.4. The Morgan fingerprint density at radius 2 is 1.50 bits per heavy atom. The fourth-order valence-corrected chi connectivity index (χ4v) is 2.61. The van der Waals surface area contributed by atoms with Gasteiger partial charge in [-0.1, -0.05) is 14.4 Å². The predicted octanol–water partition coefficient (Wildman–Crippen LogP) is 4.25. The van der Waals surface area contributed by atoms with Crippen LogP contribution in [0, 0.1) is 17.8 Å². The largest absolute Gasteiger partial charge is 0.391 e. The first-order valence-corrected chi connectivity index (χ1v) is 6.26. The van der Waals surface area contributed by atoms with Crippen LogP contribution in [0.5, 0.6) is 0 Å². The molecule has 0 aromatic carbocycles. The van der Waals surface area contributed by atoms with Crippen LogP contribution in [0.25, 0.3) is 0 Å². The summed E-state index contributed by atoms with van der Waals surface area (Å²) in [5, 5.41) is 0. The van der Waals surface area contributed by atoms with Crippen LogP contribution in [0.3, 0.4) is 0 Å². The lowest BCUT2D eigenvalue weighted by atomic mass is 9.81. The third-order valence-electron chi connectivity index (χ3n) is 3.71. The zero-order valence-corrected chi connectivity index (χ0v) is 10.0. The van der Waals surface area contributed by atoms with Gasteiger partial charge in [-0.05, 0) is 25.7 Å². The average molecular weight is 270 g/mol. The van der Waals surface area contributed by atoms with Crippen LogP contribution < -0.4 is 0 Å². The minimum Gasteiger partial charge on any atom is -0.352 e.